The van der Waals surface area contributed by atoms with Crippen molar-refractivity contribution in [3.63, 3.8) is 0 Å². The topological polar surface area (TPSA) is 52.3 Å². The van der Waals surface area contributed by atoms with E-state index in [1.54, 1.807) is 6.07 Å². The highest BCUT2D eigenvalue weighted by atomic mass is 19.4. The fourth-order valence-electron chi connectivity index (χ4n) is 2.46. The second-order valence-corrected chi connectivity index (χ2v) is 5.01. The van der Waals surface area contributed by atoms with E-state index in [-0.39, 0.29) is 17.1 Å². The van der Waals surface area contributed by atoms with E-state index in [0.717, 1.165) is 10.9 Å². The third kappa shape index (κ3) is 2.51. The first-order chi connectivity index (χ1) is 11.5. The molecule has 0 atom stereocenters. The first-order valence-corrected chi connectivity index (χ1v) is 6.96. The summed E-state index contributed by atoms with van der Waals surface area (Å²) in [6.45, 7) is 0. The molecule has 0 unspecified atom stereocenters. The van der Waals surface area contributed by atoms with Gasteiger partial charge >= 0.3 is 6.36 Å². The van der Waals surface area contributed by atoms with Crippen molar-refractivity contribution >= 4 is 16.6 Å². The third-order valence-electron chi connectivity index (χ3n) is 3.44. The Balaban J connectivity index is 1.90. The smallest absolute Gasteiger partial charge is 0.405 e. The van der Waals surface area contributed by atoms with Gasteiger partial charge in [0.1, 0.15) is 12.1 Å². The number of hydrogen-bond acceptors (Lipinski definition) is 4. The molecule has 0 radical (unpaired) electrons. The van der Waals surface area contributed by atoms with E-state index in [1.807, 2.05) is 24.3 Å². The van der Waals surface area contributed by atoms with Gasteiger partial charge in [-0.25, -0.2) is 14.5 Å². The molecule has 120 valence electrons. The Hall–Kier alpha value is -3.16. The molecular formula is C16H9F3N4O. The zero-order valence-electron chi connectivity index (χ0n) is 12.0. The molecule has 0 aliphatic heterocycles. The minimum absolute atomic E-state index is 0.132. The predicted octanol–water partition coefficient (Wildman–Crippen LogP) is 3.84. The van der Waals surface area contributed by atoms with Crippen molar-refractivity contribution in [2.75, 3.05) is 0 Å². The van der Waals surface area contributed by atoms with E-state index in [1.165, 1.54) is 29.0 Å². The number of aromatic nitrogens is 4. The average molecular weight is 330 g/mol. The number of para-hydroxylation sites is 2. The molecule has 0 bridgehead atoms. The van der Waals surface area contributed by atoms with Crippen molar-refractivity contribution < 1.29 is 17.9 Å². The van der Waals surface area contributed by atoms with Crippen LogP contribution in [-0.4, -0.2) is 25.9 Å². The summed E-state index contributed by atoms with van der Waals surface area (Å²) in [5, 5.41) is 4.98. The van der Waals surface area contributed by atoms with Crippen LogP contribution in [0.3, 0.4) is 0 Å². The van der Waals surface area contributed by atoms with Gasteiger partial charge in [-0.15, -0.1) is 18.3 Å². The molecule has 0 saturated heterocycles. The Bertz CT molecular complexity index is 1040. The Morgan fingerprint density at radius 1 is 0.958 bits per heavy atom. The molecule has 2 aromatic carbocycles. The monoisotopic (exact) mass is 330 g/mol. The summed E-state index contributed by atoms with van der Waals surface area (Å²) < 4.78 is 43.2. The molecule has 0 aliphatic rings. The van der Waals surface area contributed by atoms with Crippen molar-refractivity contribution in [2.45, 2.75) is 6.36 Å². The van der Waals surface area contributed by atoms with Crippen molar-refractivity contribution in [1.29, 1.82) is 0 Å². The SMILES string of the molecule is FC(F)(F)Oc1ccccc1-c1nc2c3ccccc3ncn2n1. The van der Waals surface area contributed by atoms with Crippen LogP contribution in [-0.2, 0) is 0 Å². The molecular weight excluding hydrogens is 321 g/mol. The lowest BCUT2D eigenvalue weighted by molar-refractivity contribution is -0.274. The number of fused-ring (bicyclic) bond motifs is 3. The lowest BCUT2D eigenvalue weighted by Crippen LogP contribution is -2.17. The summed E-state index contributed by atoms with van der Waals surface area (Å²) in [5.41, 5.74) is 1.39. The normalized spacial score (nSPS) is 12.0. The van der Waals surface area contributed by atoms with E-state index in [9.17, 15) is 13.2 Å². The van der Waals surface area contributed by atoms with E-state index in [2.05, 4.69) is 19.8 Å². The van der Waals surface area contributed by atoms with Gasteiger partial charge in [-0.3, -0.25) is 0 Å². The van der Waals surface area contributed by atoms with Crippen molar-refractivity contribution in [2.24, 2.45) is 0 Å². The lowest BCUT2D eigenvalue weighted by atomic mass is 10.2. The summed E-state index contributed by atoms with van der Waals surface area (Å²) in [5.74, 6) is -0.217. The maximum Gasteiger partial charge on any atom is 0.573 e. The zero-order valence-corrected chi connectivity index (χ0v) is 12.0. The van der Waals surface area contributed by atoms with Gasteiger partial charge in [-0.05, 0) is 24.3 Å². The van der Waals surface area contributed by atoms with Gasteiger partial charge in [-0.1, -0.05) is 24.3 Å². The van der Waals surface area contributed by atoms with Crippen LogP contribution in [0.1, 0.15) is 0 Å². The van der Waals surface area contributed by atoms with Gasteiger partial charge in [0, 0.05) is 5.39 Å². The largest absolute Gasteiger partial charge is 0.573 e. The molecule has 2 heterocycles. The maximum atomic E-state index is 12.6. The summed E-state index contributed by atoms with van der Waals surface area (Å²) in [4.78, 5) is 8.61. The molecule has 0 amide bonds. The van der Waals surface area contributed by atoms with Crippen LogP contribution < -0.4 is 4.74 Å². The van der Waals surface area contributed by atoms with Gasteiger partial charge in [0.25, 0.3) is 0 Å². The van der Waals surface area contributed by atoms with Crippen molar-refractivity contribution in [1.82, 2.24) is 19.6 Å². The van der Waals surface area contributed by atoms with Crippen LogP contribution >= 0.6 is 0 Å². The second-order valence-electron chi connectivity index (χ2n) is 5.01. The Kier molecular flexibility index (Phi) is 3.12. The predicted molar refractivity (Wildman–Crippen MR) is 80.4 cm³/mol. The molecule has 0 spiro atoms. The molecule has 24 heavy (non-hydrogen) atoms. The summed E-state index contributed by atoms with van der Waals surface area (Å²) in [6.07, 6.45) is -3.31. The number of hydrogen-bond donors (Lipinski definition) is 0. The molecule has 0 N–H and O–H groups in total. The molecule has 4 aromatic rings. The molecule has 0 aliphatic carbocycles. The summed E-state index contributed by atoms with van der Waals surface area (Å²) in [6, 6.07) is 13.1. The zero-order chi connectivity index (χ0) is 16.7. The summed E-state index contributed by atoms with van der Waals surface area (Å²) >= 11 is 0. The van der Waals surface area contributed by atoms with Crippen LogP contribution in [0.2, 0.25) is 0 Å². The van der Waals surface area contributed by atoms with Crippen molar-refractivity contribution in [3.8, 4) is 17.1 Å². The van der Waals surface area contributed by atoms with Crippen LogP contribution in [0, 0.1) is 0 Å². The highest BCUT2D eigenvalue weighted by Gasteiger charge is 2.32. The van der Waals surface area contributed by atoms with E-state index in [4.69, 9.17) is 0 Å². The minimum atomic E-state index is -4.79. The molecule has 4 rings (SSSR count). The van der Waals surface area contributed by atoms with E-state index in [0.29, 0.717) is 5.65 Å². The number of ether oxygens (including phenoxy) is 1. The van der Waals surface area contributed by atoms with Gasteiger partial charge in [0.15, 0.2) is 11.5 Å². The van der Waals surface area contributed by atoms with Crippen LogP contribution in [0.25, 0.3) is 27.9 Å². The summed E-state index contributed by atoms with van der Waals surface area (Å²) in [7, 11) is 0. The first kappa shape index (κ1) is 14.4. The number of halogens is 3. The molecule has 0 fully saturated rings. The highest BCUT2D eigenvalue weighted by Crippen LogP contribution is 2.32. The Morgan fingerprint density at radius 3 is 2.54 bits per heavy atom. The lowest BCUT2D eigenvalue weighted by Gasteiger charge is -2.11. The molecule has 5 nitrogen and oxygen atoms in total. The van der Waals surface area contributed by atoms with Gasteiger partial charge < -0.3 is 4.74 Å². The Labute approximate surface area is 133 Å². The van der Waals surface area contributed by atoms with Gasteiger partial charge in [0.2, 0.25) is 0 Å². The number of benzene rings is 2. The average Bonchev–Trinajstić information content (AvgIpc) is 2.98. The van der Waals surface area contributed by atoms with E-state index < -0.39 is 6.36 Å². The fourth-order valence-corrected chi connectivity index (χ4v) is 2.46. The second kappa shape index (κ2) is 5.19. The van der Waals surface area contributed by atoms with Crippen molar-refractivity contribution in [3.05, 3.63) is 54.9 Å². The van der Waals surface area contributed by atoms with E-state index >= 15 is 0 Å². The number of nitrogens with zero attached hydrogens (tertiary/aromatic N) is 4. The van der Waals surface area contributed by atoms with Gasteiger partial charge in [0.05, 0.1) is 11.1 Å². The molecule has 0 saturated carbocycles. The third-order valence-corrected chi connectivity index (χ3v) is 3.44. The van der Waals surface area contributed by atoms with Crippen LogP contribution in [0.15, 0.2) is 54.9 Å². The molecule has 2 aromatic heterocycles. The molecule has 8 heteroatoms. The maximum absolute atomic E-state index is 12.6. The highest BCUT2D eigenvalue weighted by molar-refractivity contribution is 5.91. The number of rotatable bonds is 2. The quantitative estimate of drug-likeness (QED) is 0.560. The first-order valence-electron chi connectivity index (χ1n) is 6.96. The fraction of sp³-hybridized carbons (Fsp3) is 0.0625. The minimum Gasteiger partial charge on any atom is -0.405 e. The van der Waals surface area contributed by atoms with Crippen LogP contribution in [0.4, 0.5) is 13.2 Å². The number of alkyl halides is 3. The Morgan fingerprint density at radius 2 is 1.71 bits per heavy atom. The standard InChI is InChI=1S/C16H9F3N4O/c17-16(18,19)24-13-8-4-2-6-11(13)14-21-15-10-5-1-3-7-12(10)20-9-23(15)22-14/h1-9H. The van der Waals surface area contributed by atoms with Crippen LogP contribution in [0.5, 0.6) is 5.75 Å². The van der Waals surface area contributed by atoms with Gasteiger partial charge in [-0.2, -0.15) is 0 Å².